The van der Waals surface area contributed by atoms with E-state index in [4.69, 9.17) is 10.5 Å². The number of pyridine rings is 1. The van der Waals surface area contributed by atoms with Crippen molar-refractivity contribution in [2.24, 2.45) is 11.8 Å². The Balaban J connectivity index is 1.58. The summed E-state index contributed by atoms with van der Waals surface area (Å²) >= 11 is 0. The molecule has 1 fully saturated rings. The summed E-state index contributed by atoms with van der Waals surface area (Å²) in [4.78, 5) is 16.6. The number of aryl methyl sites for hydroxylation is 1. The molecule has 0 saturated heterocycles. The first-order chi connectivity index (χ1) is 12.6. The number of carbonyl (C=O) groups excluding carboxylic acids is 1. The van der Waals surface area contributed by atoms with Gasteiger partial charge in [0.05, 0.1) is 17.5 Å². The zero-order valence-corrected chi connectivity index (χ0v) is 15.8. The minimum absolute atomic E-state index is 0.165. The van der Waals surface area contributed by atoms with Gasteiger partial charge in [0.25, 0.3) is 0 Å². The molecule has 3 N–H and O–H groups in total. The maximum absolute atomic E-state index is 12.1. The van der Waals surface area contributed by atoms with E-state index in [2.05, 4.69) is 17.2 Å². The predicted octanol–water partition coefficient (Wildman–Crippen LogP) is 3.84. The number of carbonyl (C=O) groups is 1. The van der Waals surface area contributed by atoms with Gasteiger partial charge in [-0.2, -0.15) is 0 Å². The zero-order chi connectivity index (χ0) is 18.5. The number of amides is 1. The van der Waals surface area contributed by atoms with Crippen molar-refractivity contribution < 1.29 is 9.53 Å². The monoisotopic (exact) mass is 355 g/mol. The molecule has 1 saturated carbocycles. The van der Waals surface area contributed by atoms with Crippen LogP contribution in [0.2, 0.25) is 0 Å². The summed E-state index contributed by atoms with van der Waals surface area (Å²) in [6.45, 7) is 5.46. The molecule has 5 heteroatoms. The van der Waals surface area contributed by atoms with E-state index in [1.54, 1.807) is 0 Å². The number of hydrogen-bond acceptors (Lipinski definition) is 4. The van der Waals surface area contributed by atoms with Gasteiger partial charge in [-0.05, 0) is 63.1 Å². The van der Waals surface area contributed by atoms with Gasteiger partial charge in [0.15, 0.2) is 0 Å². The lowest BCUT2D eigenvalue weighted by Crippen LogP contribution is -2.34. The molecule has 1 aliphatic carbocycles. The standard InChI is InChI=1S/C21H29N3O2/c1-3-11-23-21(25)16-9-7-15(8-10-16)13-26-19-6-4-5-18-20(19)17(22)12-14(2)24-18/h4-6,12,15-16H,3,7-11,13H2,1-2H3,(H2,22,24)(H,23,25). The Morgan fingerprint density at radius 1 is 1.31 bits per heavy atom. The Bertz CT molecular complexity index is 767. The third-order valence-electron chi connectivity index (χ3n) is 5.20. The molecule has 1 amide bonds. The number of nitrogen functional groups attached to an aromatic ring is 1. The van der Waals surface area contributed by atoms with Gasteiger partial charge in [-0.25, -0.2) is 0 Å². The molecule has 1 aliphatic rings. The Labute approximate surface area is 155 Å². The highest BCUT2D eigenvalue weighted by Crippen LogP contribution is 2.33. The fourth-order valence-electron chi connectivity index (χ4n) is 3.73. The molecule has 0 bridgehead atoms. The lowest BCUT2D eigenvalue weighted by Gasteiger charge is -2.28. The normalized spacial score (nSPS) is 20.1. The molecule has 0 atom stereocenters. The molecule has 5 nitrogen and oxygen atoms in total. The summed E-state index contributed by atoms with van der Waals surface area (Å²) in [6.07, 6.45) is 4.94. The van der Waals surface area contributed by atoms with Gasteiger partial charge < -0.3 is 15.8 Å². The third kappa shape index (κ3) is 4.26. The molecule has 0 unspecified atom stereocenters. The van der Waals surface area contributed by atoms with Crippen molar-refractivity contribution in [2.45, 2.75) is 46.0 Å². The van der Waals surface area contributed by atoms with E-state index in [1.807, 2.05) is 31.2 Å². The minimum atomic E-state index is 0.165. The Morgan fingerprint density at radius 2 is 2.08 bits per heavy atom. The van der Waals surface area contributed by atoms with Crippen LogP contribution in [0.15, 0.2) is 24.3 Å². The van der Waals surface area contributed by atoms with E-state index in [-0.39, 0.29) is 11.8 Å². The van der Waals surface area contributed by atoms with E-state index in [1.165, 1.54) is 0 Å². The maximum Gasteiger partial charge on any atom is 0.223 e. The third-order valence-corrected chi connectivity index (χ3v) is 5.20. The summed E-state index contributed by atoms with van der Waals surface area (Å²) < 4.78 is 6.12. The van der Waals surface area contributed by atoms with Gasteiger partial charge in [0.2, 0.25) is 5.91 Å². The number of fused-ring (bicyclic) bond motifs is 1. The van der Waals surface area contributed by atoms with Crippen LogP contribution >= 0.6 is 0 Å². The van der Waals surface area contributed by atoms with Gasteiger partial charge >= 0.3 is 0 Å². The van der Waals surface area contributed by atoms with Crippen LogP contribution in [-0.2, 0) is 4.79 Å². The van der Waals surface area contributed by atoms with Crippen LogP contribution < -0.4 is 15.8 Å². The average Bonchev–Trinajstić information content (AvgIpc) is 2.64. The first-order valence-electron chi connectivity index (χ1n) is 9.64. The molecule has 3 rings (SSSR count). The van der Waals surface area contributed by atoms with Crippen LogP contribution in [0.25, 0.3) is 10.9 Å². The minimum Gasteiger partial charge on any atom is -0.493 e. The van der Waals surface area contributed by atoms with Gasteiger partial charge in [0, 0.05) is 23.8 Å². The first kappa shape index (κ1) is 18.5. The van der Waals surface area contributed by atoms with Crippen molar-refractivity contribution in [3.8, 4) is 5.75 Å². The van der Waals surface area contributed by atoms with E-state index in [9.17, 15) is 4.79 Å². The molecular formula is C21H29N3O2. The first-order valence-corrected chi connectivity index (χ1v) is 9.64. The highest BCUT2D eigenvalue weighted by molar-refractivity contribution is 5.95. The number of benzene rings is 1. The molecule has 1 aromatic heterocycles. The van der Waals surface area contributed by atoms with Gasteiger partial charge in [-0.3, -0.25) is 9.78 Å². The van der Waals surface area contributed by atoms with E-state index >= 15 is 0 Å². The molecule has 140 valence electrons. The molecule has 0 radical (unpaired) electrons. The number of nitrogens with one attached hydrogen (secondary N) is 1. The quantitative estimate of drug-likeness (QED) is 0.825. The van der Waals surface area contributed by atoms with Crippen molar-refractivity contribution in [1.29, 1.82) is 0 Å². The Hall–Kier alpha value is -2.30. The van der Waals surface area contributed by atoms with E-state index in [0.717, 1.165) is 61.0 Å². The fraction of sp³-hybridized carbons (Fsp3) is 0.524. The predicted molar refractivity (Wildman–Crippen MR) is 105 cm³/mol. The van der Waals surface area contributed by atoms with Gasteiger partial charge in [-0.1, -0.05) is 13.0 Å². The van der Waals surface area contributed by atoms with E-state index < -0.39 is 0 Å². The molecule has 1 heterocycles. The second-order valence-electron chi connectivity index (χ2n) is 7.32. The van der Waals surface area contributed by atoms with E-state index in [0.29, 0.717) is 18.2 Å². The van der Waals surface area contributed by atoms with Crippen molar-refractivity contribution in [2.75, 3.05) is 18.9 Å². The zero-order valence-electron chi connectivity index (χ0n) is 15.8. The van der Waals surface area contributed by atoms with Crippen molar-refractivity contribution in [3.63, 3.8) is 0 Å². The number of hydrogen-bond donors (Lipinski definition) is 2. The number of nitrogens with zero attached hydrogens (tertiary/aromatic N) is 1. The summed E-state index contributed by atoms with van der Waals surface area (Å²) in [5, 5.41) is 3.91. The highest BCUT2D eigenvalue weighted by atomic mass is 16.5. The van der Waals surface area contributed by atoms with Crippen molar-refractivity contribution in [1.82, 2.24) is 10.3 Å². The fourth-order valence-corrected chi connectivity index (χ4v) is 3.73. The number of rotatable bonds is 6. The molecule has 26 heavy (non-hydrogen) atoms. The van der Waals surface area contributed by atoms with Crippen LogP contribution in [0.1, 0.15) is 44.7 Å². The molecule has 1 aromatic carbocycles. The Kier molecular flexibility index (Phi) is 5.96. The largest absolute Gasteiger partial charge is 0.493 e. The summed E-state index contributed by atoms with van der Waals surface area (Å²) in [6, 6.07) is 7.76. The second kappa shape index (κ2) is 8.39. The van der Waals surface area contributed by atoms with Crippen molar-refractivity contribution in [3.05, 3.63) is 30.0 Å². The smallest absolute Gasteiger partial charge is 0.223 e. The Morgan fingerprint density at radius 3 is 2.81 bits per heavy atom. The van der Waals surface area contributed by atoms with Crippen molar-refractivity contribution >= 4 is 22.5 Å². The second-order valence-corrected chi connectivity index (χ2v) is 7.32. The number of ether oxygens (including phenoxy) is 1. The molecule has 0 aliphatic heterocycles. The van der Waals surface area contributed by atoms with Crippen LogP contribution in [0, 0.1) is 18.8 Å². The number of aromatic nitrogens is 1. The number of anilines is 1. The molecule has 2 aromatic rings. The molecule has 0 spiro atoms. The topological polar surface area (TPSA) is 77.2 Å². The van der Waals surface area contributed by atoms with Crippen LogP contribution in [0.5, 0.6) is 5.75 Å². The SMILES string of the molecule is CCCNC(=O)C1CCC(COc2cccc3nc(C)cc(N)c23)CC1. The summed E-state index contributed by atoms with van der Waals surface area (Å²) in [7, 11) is 0. The van der Waals surface area contributed by atoms with Gasteiger partial charge in [-0.15, -0.1) is 0 Å². The van der Waals surface area contributed by atoms with Crippen LogP contribution in [0.3, 0.4) is 0 Å². The van der Waals surface area contributed by atoms with Crippen LogP contribution in [0.4, 0.5) is 5.69 Å². The summed E-state index contributed by atoms with van der Waals surface area (Å²) in [5.41, 5.74) is 8.68. The lowest BCUT2D eigenvalue weighted by molar-refractivity contribution is -0.126. The highest BCUT2D eigenvalue weighted by Gasteiger charge is 2.26. The number of nitrogens with two attached hydrogens (primary N) is 1. The van der Waals surface area contributed by atoms with Gasteiger partial charge in [0.1, 0.15) is 5.75 Å². The van der Waals surface area contributed by atoms with Crippen LogP contribution in [-0.4, -0.2) is 24.0 Å². The maximum atomic E-state index is 12.1. The average molecular weight is 355 g/mol. The lowest BCUT2D eigenvalue weighted by atomic mass is 9.82. The molecular weight excluding hydrogens is 326 g/mol. The summed E-state index contributed by atoms with van der Waals surface area (Å²) in [5.74, 6) is 1.67.